The van der Waals surface area contributed by atoms with Gasteiger partial charge >= 0.3 is 0 Å². The van der Waals surface area contributed by atoms with Crippen molar-refractivity contribution in [1.82, 2.24) is 29.5 Å². The van der Waals surface area contributed by atoms with Crippen LogP contribution in [0.2, 0.25) is 0 Å². The summed E-state index contributed by atoms with van der Waals surface area (Å²) in [7, 11) is 4.13. The summed E-state index contributed by atoms with van der Waals surface area (Å²) in [5.41, 5.74) is 4.96. The van der Waals surface area contributed by atoms with Crippen molar-refractivity contribution in [2.45, 2.75) is 39.3 Å². The Bertz CT molecular complexity index is 1480. The summed E-state index contributed by atoms with van der Waals surface area (Å²) in [6.45, 7) is 6.05. The van der Waals surface area contributed by atoms with Gasteiger partial charge in [-0.2, -0.15) is 10.1 Å². The van der Waals surface area contributed by atoms with Crippen LogP contribution in [0.1, 0.15) is 40.2 Å². The van der Waals surface area contributed by atoms with Gasteiger partial charge in [0.25, 0.3) is 5.91 Å². The van der Waals surface area contributed by atoms with Gasteiger partial charge in [-0.15, -0.1) is 0 Å². The van der Waals surface area contributed by atoms with Gasteiger partial charge in [0.1, 0.15) is 11.6 Å². The van der Waals surface area contributed by atoms with Gasteiger partial charge in [-0.3, -0.25) is 14.4 Å². The van der Waals surface area contributed by atoms with E-state index in [9.17, 15) is 9.18 Å². The van der Waals surface area contributed by atoms with Crippen molar-refractivity contribution in [2.75, 3.05) is 30.8 Å². The van der Waals surface area contributed by atoms with E-state index < -0.39 is 0 Å². The molecule has 1 fully saturated rings. The molecule has 5 rings (SSSR count). The molecular weight excluding hydrogens is 507 g/mol. The molecule has 4 aromatic rings. The monoisotopic (exact) mass is 542 g/mol. The average molecular weight is 543 g/mol. The molecule has 3 heterocycles. The van der Waals surface area contributed by atoms with Crippen LogP contribution in [-0.4, -0.2) is 61.6 Å². The van der Waals surface area contributed by atoms with E-state index in [1.165, 1.54) is 11.8 Å². The largest absolute Gasteiger partial charge is 0.340 e. The number of aromatic nitrogens is 4. The van der Waals surface area contributed by atoms with Crippen LogP contribution in [0.4, 0.5) is 27.5 Å². The highest BCUT2D eigenvalue weighted by Crippen LogP contribution is 2.22. The molecule has 0 radical (unpaired) electrons. The van der Waals surface area contributed by atoms with Crippen molar-refractivity contribution in [3.8, 4) is 0 Å². The Hall–Kier alpha value is -4.31. The number of halogens is 1. The summed E-state index contributed by atoms with van der Waals surface area (Å²) >= 11 is 0. The van der Waals surface area contributed by atoms with Crippen molar-refractivity contribution in [3.05, 3.63) is 89.1 Å². The highest BCUT2D eigenvalue weighted by molar-refractivity contribution is 5.94. The smallest absolute Gasteiger partial charge is 0.253 e. The number of anilines is 4. The van der Waals surface area contributed by atoms with Gasteiger partial charge in [-0.1, -0.05) is 0 Å². The Morgan fingerprint density at radius 1 is 1.02 bits per heavy atom. The predicted octanol–water partition coefficient (Wildman–Crippen LogP) is 5.19. The number of nitrogens with one attached hydrogen (secondary N) is 2. The van der Waals surface area contributed by atoms with Crippen LogP contribution in [0.5, 0.6) is 0 Å². The summed E-state index contributed by atoms with van der Waals surface area (Å²) in [6, 6.07) is 16.5. The number of hydrogen-bond donors (Lipinski definition) is 2. The van der Waals surface area contributed by atoms with E-state index in [1.54, 1.807) is 31.3 Å². The Morgan fingerprint density at radius 3 is 2.42 bits per heavy atom. The van der Waals surface area contributed by atoms with Gasteiger partial charge in [-0.05, 0) is 93.9 Å². The normalized spacial score (nSPS) is 14.0. The van der Waals surface area contributed by atoms with Crippen LogP contribution in [0.15, 0.2) is 60.8 Å². The fourth-order valence-corrected chi connectivity index (χ4v) is 5.07. The SMILES string of the molecule is Cc1cc(CN(C)C2CCN(C(=O)c3ccc(Nc4nccc(Nc5ccc(F)c(C)c5)n4)cc3)CC2)n(C)n1. The van der Waals surface area contributed by atoms with Crippen LogP contribution >= 0.6 is 0 Å². The number of hydrogen-bond acceptors (Lipinski definition) is 7. The summed E-state index contributed by atoms with van der Waals surface area (Å²) < 4.78 is 15.5. The second kappa shape index (κ2) is 11.8. The first-order valence-corrected chi connectivity index (χ1v) is 13.5. The number of nitrogens with zero attached hydrogens (tertiary/aromatic N) is 6. The van der Waals surface area contributed by atoms with E-state index in [0.717, 1.165) is 49.5 Å². The topological polar surface area (TPSA) is 91.2 Å². The quantitative estimate of drug-likeness (QED) is 0.317. The number of carbonyl (C=O) groups is 1. The maximum atomic E-state index is 13.6. The summed E-state index contributed by atoms with van der Waals surface area (Å²) in [6.07, 6.45) is 3.53. The van der Waals surface area contributed by atoms with Gasteiger partial charge in [0.2, 0.25) is 5.95 Å². The second-order valence-corrected chi connectivity index (χ2v) is 10.4. The molecule has 208 valence electrons. The third-order valence-corrected chi connectivity index (χ3v) is 7.36. The lowest BCUT2D eigenvalue weighted by molar-refractivity contribution is 0.0637. The van der Waals surface area contributed by atoms with E-state index in [1.807, 2.05) is 47.8 Å². The van der Waals surface area contributed by atoms with E-state index >= 15 is 0 Å². The molecule has 0 spiro atoms. The Kier molecular flexibility index (Phi) is 8.06. The molecule has 1 aliphatic heterocycles. The highest BCUT2D eigenvalue weighted by Gasteiger charge is 2.26. The van der Waals surface area contributed by atoms with Crippen molar-refractivity contribution in [3.63, 3.8) is 0 Å². The lowest BCUT2D eigenvalue weighted by atomic mass is 10.0. The third-order valence-electron chi connectivity index (χ3n) is 7.36. The molecule has 0 aliphatic carbocycles. The average Bonchev–Trinajstić information content (AvgIpc) is 3.27. The molecule has 2 N–H and O–H groups in total. The van der Waals surface area contributed by atoms with Crippen LogP contribution in [-0.2, 0) is 13.6 Å². The number of rotatable bonds is 8. The zero-order valence-corrected chi connectivity index (χ0v) is 23.4. The molecule has 2 aromatic heterocycles. The highest BCUT2D eigenvalue weighted by atomic mass is 19.1. The molecule has 0 bridgehead atoms. The van der Waals surface area contributed by atoms with Crippen molar-refractivity contribution >= 4 is 29.0 Å². The predicted molar refractivity (Wildman–Crippen MR) is 155 cm³/mol. The van der Waals surface area contributed by atoms with Gasteiger partial charge in [0.15, 0.2) is 0 Å². The van der Waals surface area contributed by atoms with Crippen LogP contribution < -0.4 is 10.6 Å². The fraction of sp³-hybridized carbons (Fsp3) is 0.333. The zero-order valence-electron chi connectivity index (χ0n) is 23.4. The van der Waals surface area contributed by atoms with E-state index in [4.69, 9.17) is 0 Å². The molecule has 0 unspecified atom stereocenters. The Balaban J connectivity index is 1.14. The third kappa shape index (κ3) is 6.45. The minimum absolute atomic E-state index is 0.0481. The van der Waals surface area contributed by atoms with E-state index in [-0.39, 0.29) is 11.7 Å². The first-order chi connectivity index (χ1) is 19.2. The van der Waals surface area contributed by atoms with Crippen LogP contribution in [0.25, 0.3) is 0 Å². The molecule has 9 nitrogen and oxygen atoms in total. The minimum Gasteiger partial charge on any atom is -0.340 e. The molecule has 2 aromatic carbocycles. The first-order valence-electron chi connectivity index (χ1n) is 13.5. The molecule has 1 amide bonds. The lowest BCUT2D eigenvalue weighted by Crippen LogP contribution is -2.45. The summed E-state index contributed by atoms with van der Waals surface area (Å²) in [4.78, 5) is 26.3. The molecule has 40 heavy (non-hydrogen) atoms. The molecule has 1 saturated heterocycles. The number of piperidine rings is 1. The van der Waals surface area contributed by atoms with Gasteiger partial charge < -0.3 is 15.5 Å². The van der Waals surface area contributed by atoms with Gasteiger partial charge in [0.05, 0.1) is 11.4 Å². The number of benzene rings is 2. The first kappa shape index (κ1) is 27.3. The number of carbonyl (C=O) groups excluding carboxylic acids is 1. The number of likely N-dealkylation sites (tertiary alicyclic amines) is 1. The number of amides is 1. The van der Waals surface area contributed by atoms with Crippen molar-refractivity contribution < 1.29 is 9.18 Å². The van der Waals surface area contributed by atoms with E-state index in [2.05, 4.69) is 43.7 Å². The molecule has 0 saturated carbocycles. The zero-order chi connectivity index (χ0) is 28.2. The molecule has 1 aliphatic rings. The maximum absolute atomic E-state index is 13.6. The maximum Gasteiger partial charge on any atom is 0.253 e. The molecule has 0 atom stereocenters. The van der Waals surface area contributed by atoms with E-state index in [0.29, 0.717) is 28.9 Å². The Labute approximate surface area is 234 Å². The van der Waals surface area contributed by atoms with Crippen molar-refractivity contribution in [2.24, 2.45) is 7.05 Å². The second-order valence-electron chi connectivity index (χ2n) is 10.4. The van der Waals surface area contributed by atoms with Gasteiger partial charge in [-0.25, -0.2) is 9.37 Å². The standard InChI is InChI=1S/C30H35FN8O/c1-20-17-24(9-10-27(20)31)33-28-11-14-32-30(35-28)34-23-7-5-22(6-8-23)29(40)39-15-12-25(13-16-39)37(3)19-26-18-21(2)36-38(26)4/h5-11,14,17-18,25H,12-13,15-16,19H2,1-4H3,(H2,32,33,34,35). The Morgan fingerprint density at radius 2 is 1.75 bits per heavy atom. The summed E-state index contributed by atoms with van der Waals surface area (Å²) in [5, 5.41) is 10.8. The van der Waals surface area contributed by atoms with Crippen LogP contribution in [0, 0.1) is 19.7 Å². The minimum atomic E-state index is -0.249. The van der Waals surface area contributed by atoms with Crippen molar-refractivity contribution in [1.29, 1.82) is 0 Å². The van der Waals surface area contributed by atoms with Gasteiger partial charge in [0, 0.05) is 55.9 Å². The fourth-order valence-electron chi connectivity index (χ4n) is 5.07. The summed E-state index contributed by atoms with van der Waals surface area (Å²) in [5.74, 6) is 0.795. The lowest BCUT2D eigenvalue weighted by Gasteiger charge is -2.36. The molecule has 10 heteroatoms. The molecular formula is C30H35FN8O. The number of aryl methyl sites for hydroxylation is 3. The van der Waals surface area contributed by atoms with Crippen LogP contribution in [0.3, 0.4) is 0 Å².